The number of benzene rings is 2. The van der Waals surface area contributed by atoms with Crippen molar-refractivity contribution in [3.63, 3.8) is 0 Å². The number of hydrogen-bond acceptors (Lipinski definition) is 4. The summed E-state index contributed by atoms with van der Waals surface area (Å²) in [5.41, 5.74) is 2.35. The van der Waals surface area contributed by atoms with Gasteiger partial charge in [0.1, 0.15) is 5.75 Å². The number of anilines is 1. The summed E-state index contributed by atoms with van der Waals surface area (Å²) < 4.78 is 7.44. The Kier molecular flexibility index (Phi) is 4.50. The van der Waals surface area contributed by atoms with E-state index in [9.17, 15) is 9.59 Å². The maximum Gasteiger partial charge on any atom is 0.252 e. The smallest absolute Gasteiger partial charge is 0.252 e. The van der Waals surface area contributed by atoms with Gasteiger partial charge in [0.2, 0.25) is 5.91 Å². The molecule has 2 N–H and O–H groups in total. The number of rotatable bonds is 5. The summed E-state index contributed by atoms with van der Waals surface area (Å²) in [6, 6.07) is 12.7. The van der Waals surface area contributed by atoms with Crippen molar-refractivity contribution in [1.82, 2.24) is 15.1 Å². The number of carbonyl (C=O) groups excluding carboxylic acids is 2. The van der Waals surface area contributed by atoms with Crippen LogP contribution in [0.3, 0.4) is 0 Å². The molecule has 0 radical (unpaired) electrons. The van der Waals surface area contributed by atoms with Gasteiger partial charge in [0.05, 0.1) is 24.1 Å². The van der Waals surface area contributed by atoms with E-state index >= 15 is 0 Å². The van der Waals surface area contributed by atoms with E-state index in [1.165, 1.54) is 0 Å². The number of amides is 2. The van der Waals surface area contributed by atoms with Gasteiger partial charge < -0.3 is 15.4 Å². The largest absolute Gasteiger partial charge is 0.491 e. The number of carbonyl (C=O) groups is 2. The zero-order valence-corrected chi connectivity index (χ0v) is 16.0. The molecule has 28 heavy (non-hydrogen) atoms. The van der Waals surface area contributed by atoms with Crippen molar-refractivity contribution in [1.29, 1.82) is 0 Å². The Balaban J connectivity index is 1.52. The number of fused-ring (bicyclic) bond motifs is 2. The Morgan fingerprint density at radius 2 is 2.07 bits per heavy atom. The maximum atomic E-state index is 12.6. The number of aryl methyl sites for hydroxylation is 1. The summed E-state index contributed by atoms with van der Waals surface area (Å²) >= 11 is 0. The van der Waals surface area contributed by atoms with Crippen molar-refractivity contribution < 1.29 is 14.3 Å². The summed E-state index contributed by atoms with van der Waals surface area (Å²) in [4.78, 5) is 24.6. The van der Waals surface area contributed by atoms with Crippen LogP contribution in [0.2, 0.25) is 0 Å². The molecule has 0 saturated heterocycles. The minimum atomic E-state index is -0.329. The van der Waals surface area contributed by atoms with Gasteiger partial charge in [-0.15, -0.1) is 0 Å². The van der Waals surface area contributed by atoms with E-state index < -0.39 is 0 Å². The lowest BCUT2D eigenvalue weighted by Crippen LogP contribution is -2.24. The van der Waals surface area contributed by atoms with Crippen LogP contribution >= 0.6 is 0 Å². The van der Waals surface area contributed by atoms with E-state index in [1.54, 1.807) is 10.7 Å². The molecule has 0 fully saturated rings. The molecule has 144 valence electrons. The molecule has 7 nitrogen and oxygen atoms in total. The zero-order chi connectivity index (χ0) is 19.8. The van der Waals surface area contributed by atoms with Crippen LogP contribution in [0, 0.1) is 0 Å². The van der Waals surface area contributed by atoms with Gasteiger partial charge in [-0.25, -0.2) is 0 Å². The Morgan fingerprint density at radius 3 is 2.86 bits per heavy atom. The van der Waals surface area contributed by atoms with Crippen LogP contribution in [0.1, 0.15) is 42.2 Å². The third-order valence-corrected chi connectivity index (χ3v) is 4.73. The van der Waals surface area contributed by atoms with E-state index in [1.807, 2.05) is 57.3 Å². The first kappa shape index (κ1) is 18.0. The fraction of sp³-hybridized carbons (Fsp3) is 0.286. The highest BCUT2D eigenvalue weighted by Crippen LogP contribution is 2.30. The quantitative estimate of drug-likeness (QED) is 0.714. The first-order valence-corrected chi connectivity index (χ1v) is 9.25. The normalized spacial score (nSPS) is 15.6. The molecule has 1 unspecified atom stereocenters. The molecule has 7 heteroatoms. The third-order valence-electron chi connectivity index (χ3n) is 4.73. The SMILES string of the molecule is CC(C)Oc1ccc2c(NC(=O)CC3NC(=O)c4ccccc43)nn(C)c2c1. The van der Waals surface area contributed by atoms with Gasteiger partial charge >= 0.3 is 0 Å². The fourth-order valence-electron chi connectivity index (χ4n) is 3.53. The molecule has 1 aromatic heterocycles. The average Bonchev–Trinajstić information content (AvgIpc) is 3.12. The van der Waals surface area contributed by atoms with Gasteiger partial charge in [-0.1, -0.05) is 18.2 Å². The topological polar surface area (TPSA) is 85.2 Å². The number of hydrogen-bond donors (Lipinski definition) is 2. The lowest BCUT2D eigenvalue weighted by Gasteiger charge is -2.11. The van der Waals surface area contributed by atoms with E-state index in [-0.39, 0.29) is 30.4 Å². The molecule has 2 amide bonds. The first-order chi connectivity index (χ1) is 13.4. The molecule has 0 spiro atoms. The van der Waals surface area contributed by atoms with Crippen molar-refractivity contribution >= 4 is 28.5 Å². The predicted molar refractivity (Wildman–Crippen MR) is 106 cm³/mol. The van der Waals surface area contributed by atoms with Gasteiger partial charge in [0.25, 0.3) is 5.91 Å². The fourth-order valence-corrected chi connectivity index (χ4v) is 3.53. The average molecular weight is 378 g/mol. The maximum absolute atomic E-state index is 12.6. The van der Waals surface area contributed by atoms with Gasteiger partial charge in [0, 0.05) is 24.1 Å². The van der Waals surface area contributed by atoms with Crippen LogP contribution in [0.5, 0.6) is 5.75 Å². The van der Waals surface area contributed by atoms with Crippen molar-refractivity contribution in [2.45, 2.75) is 32.4 Å². The first-order valence-electron chi connectivity index (χ1n) is 9.25. The molecule has 0 bridgehead atoms. The van der Waals surface area contributed by atoms with Gasteiger partial charge in [-0.3, -0.25) is 14.3 Å². The molecule has 1 aliphatic rings. The second-order valence-electron chi connectivity index (χ2n) is 7.18. The Hall–Kier alpha value is -3.35. The molecule has 2 aromatic carbocycles. The molecule has 1 atom stereocenters. The Labute approximate surface area is 162 Å². The minimum Gasteiger partial charge on any atom is -0.491 e. The summed E-state index contributed by atoms with van der Waals surface area (Å²) in [5, 5.41) is 11.0. The minimum absolute atomic E-state index is 0.0781. The van der Waals surface area contributed by atoms with Gasteiger partial charge in [-0.05, 0) is 37.6 Å². The van der Waals surface area contributed by atoms with E-state index in [2.05, 4.69) is 15.7 Å². The molecule has 1 aliphatic heterocycles. The summed E-state index contributed by atoms with van der Waals surface area (Å²) in [7, 11) is 1.82. The monoisotopic (exact) mass is 378 g/mol. The highest BCUT2D eigenvalue weighted by molar-refractivity contribution is 6.02. The summed E-state index contributed by atoms with van der Waals surface area (Å²) in [6.07, 6.45) is 0.226. The Bertz CT molecular complexity index is 1070. The molecule has 0 saturated carbocycles. The van der Waals surface area contributed by atoms with Gasteiger partial charge in [0.15, 0.2) is 5.82 Å². The molecular formula is C21H22N4O3. The molecular weight excluding hydrogens is 356 g/mol. The number of aromatic nitrogens is 2. The van der Waals surface area contributed by atoms with E-state index in [0.717, 1.165) is 22.2 Å². The van der Waals surface area contributed by atoms with E-state index in [4.69, 9.17) is 4.74 Å². The second kappa shape index (κ2) is 6.99. The zero-order valence-electron chi connectivity index (χ0n) is 16.0. The second-order valence-corrected chi connectivity index (χ2v) is 7.18. The molecule has 3 aromatic rings. The van der Waals surface area contributed by atoms with Crippen LogP contribution in [0.4, 0.5) is 5.82 Å². The van der Waals surface area contributed by atoms with Crippen LogP contribution in [-0.4, -0.2) is 27.7 Å². The number of nitrogens with one attached hydrogen (secondary N) is 2. The third kappa shape index (κ3) is 3.31. The summed E-state index contributed by atoms with van der Waals surface area (Å²) in [5.74, 6) is 0.906. The summed E-state index contributed by atoms with van der Waals surface area (Å²) in [6.45, 7) is 3.94. The van der Waals surface area contributed by atoms with Crippen LogP contribution in [-0.2, 0) is 11.8 Å². The molecule has 2 heterocycles. The Morgan fingerprint density at radius 1 is 1.29 bits per heavy atom. The van der Waals surface area contributed by atoms with E-state index in [0.29, 0.717) is 11.4 Å². The van der Waals surface area contributed by atoms with Crippen molar-refractivity contribution in [2.24, 2.45) is 7.05 Å². The van der Waals surface area contributed by atoms with Crippen molar-refractivity contribution in [3.05, 3.63) is 53.6 Å². The van der Waals surface area contributed by atoms with Gasteiger partial charge in [-0.2, -0.15) is 5.10 Å². The van der Waals surface area contributed by atoms with Crippen LogP contribution in [0.25, 0.3) is 10.9 Å². The highest BCUT2D eigenvalue weighted by Gasteiger charge is 2.29. The van der Waals surface area contributed by atoms with Crippen LogP contribution in [0.15, 0.2) is 42.5 Å². The molecule has 0 aliphatic carbocycles. The predicted octanol–water partition coefficient (Wildman–Crippen LogP) is 3.17. The standard InChI is InChI=1S/C21H22N4O3/c1-12(2)28-13-8-9-16-18(10-13)25(3)24-20(16)23-19(26)11-17-14-6-4-5-7-15(14)21(27)22-17/h4-10,12,17H,11H2,1-3H3,(H,22,27)(H,23,24,26). The van der Waals surface area contributed by atoms with Crippen molar-refractivity contribution in [2.75, 3.05) is 5.32 Å². The highest BCUT2D eigenvalue weighted by atomic mass is 16.5. The van der Waals surface area contributed by atoms with Crippen molar-refractivity contribution in [3.8, 4) is 5.75 Å². The van der Waals surface area contributed by atoms with Crippen LogP contribution < -0.4 is 15.4 Å². The molecule has 4 rings (SSSR count). The lowest BCUT2D eigenvalue weighted by atomic mass is 10.0. The number of nitrogens with zero attached hydrogens (tertiary/aromatic N) is 2. The number of ether oxygens (including phenoxy) is 1. The lowest BCUT2D eigenvalue weighted by molar-refractivity contribution is -0.116.